The molecular weight excluding hydrogens is 478 g/mol. The summed E-state index contributed by atoms with van der Waals surface area (Å²) >= 11 is 0. The Kier molecular flexibility index (Phi) is 15.5. The molecule has 0 amide bonds. The van der Waals surface area contributed by atoms with Gasteiger partial charge in [-0.3, -0.25) is 11.3 Å². The Balaban J connectivity index is 1.38. The van der Waals surface area contributed by atoms with Crippen molar-refractivity contribution >= 4 is 0 Å². The third-order valence-electron chi connectivity index (χ3n) is 5.58. The number of rotatable bonds is 21. The number of aromatic nitrogens is 3. The zero-order chi connectivity index (χ0) is 26.1. The summed E-state index contributed by atoms with van der Waals surface area (Å²) in [5.41, 5.74) is 1.98. The van der Waals surface area contributed by atoms with E-state index in [1.165, 1.54) is 0 Å². The third-order valence-corrected chi connectivity index (χ3v) is 5.58. The van der Waals surface area contributed by atoms with Crippen molar-refractivity contribution in [2.24, 2.45) is 11.8 Å². The van der Waals surface area contributed by atoms with E-state index in [0.29, 0.717) is 78.3 Å². The molecule has 14 nitrogen and oxygen atoms in total. The molecule has 36 heavy (non-hydrogen) atoms. The van der Waals surface area contributed by atoms with Crippen LogP contribution in [0.25, 0.3) is 0 Å². The van der Waals surface area contributed by atoms with Crippen LogP contribution in [0, 0.1) is 5.92 Å². The first-order chi connectivity index (χ1) is 17.5. The SMILES string of the molecule is CC(CNN)COCc1cn(CCOCCOCCOCCOC[C@@]2(C[O-])OCC[C@@H](O)[C@H]2O)nn1. The predicted molar refractivity (Wildman–Crippen MR) is 124 cm³/mol. The molecule has 5 N–H and O–H groups in total. The lowest BCUT2D eigenvalue weighted by atomic mass is 9.90. The number of ether oxygens (including phenoxy) is 6. The van der Waals surface area contributed by atoms with Crippen LogP contribution in [-0.2, 0) is 41.6 Å². The molecule has 1 fully saturated rings. The van der Waals surface area contributed by atoms with Gasteiger partial charge in [-0.25, -0.2) is 4.68 Å². The first-order valence-corrected chi connectivity index (χ1v) is 12.3. The van der Waals surface area contributed by atoms with Gasteiger partial charge in [-0.2, -0.15) is 0 Å². The first-order valence-electron chi connectivity index (χ1n) is 12.3. The molecule has 1 aromatic rings. The van der Waals surface area contributed by atoms with E-state index in [0.717, 1.165) is 5.69 Å². The lowest BCUT2D eigenvalue weighted by Crippen LogP contribution is -2.62. The van der Waals surface area contributed by atoms with Crippen LogP contribution in [0.5, 0.6) is 0 Å². The maximum Gasteiger partial charge on any atom is 0.110 e. The van der Waals surface area contributed by atoms with Crippen LogP contribution in [0.1, 0.15) is 19.0 Å². The molecule has 2 rings (SSSR count). The number of nitrogens with two attached hydrogens (primary N) is 1. The van der Waals surface area contributed by atoms with E-state index in [1.54, 1.807) is 4.68 Å². The second kappa shape index (κ2) is 18.0. The summed E-state index contributed by atoms with van der Waals surface area (Å²) in [7, 11) is 0. The van der Waals surface area contributed by atoms with Gasteiger partial charge < -0.3 is 43.7 Å². The second-order valence-corrected chi connectivity index (χ2v) is 8.75. The van der Waals surface area contributed by atoms with Crippen molar-refractivity contribution in [3.8, 4) is 0 Å². The number of aliphatic hydroxyl groups excluding tert-OH is 2. The summed E-state index contributed by atoms with van der Waals surface area (Å²) < 4.78 is 34.6. The fraction of sp³-hybridized carbons (Fsp3) is 0.909. The van der Waals surface area contributed by atoms with Crippen molar-refractivity contribution in [1.29, 1.82) is 0 Å². The molecule has 1 aromatic heterocycles. The molecule has 0 spiro atoms. The highest BCUT2D eigenvalue weighted by Crippen LogP contribution is 2.25. The Morgan fingerprint density at radius 1 is 1.14 bits per heavy atom. The van der Waals surface area contributed by atoms with Crippen molar-refractivity contribution in [3.63, 3.8) is 0 Å². The molecule has 0 aliphatic carbocycles. The van der Waals surface area contributed by atoms with Gasteiger partial charge in [0.05, 0.1) is 91.5 Å². The minimum Gasteiger partial charge on any atom is -0.852 e. The highest BCUT2D eigenvalue weighted by Gasteiger charge is 2.43. The van der Waals surface area contributed by atoms with E-state index >= 15 is 0 Å². The molecule has 2 heterocycles. The molecule has 14 heteroatoms. The minimum absolute atomic E-state index is 0.0952. The van der Waals surface area contributed by atoms with Crippen LogP contribution in [0.3, 0.4) is 0 Å². The minimum atomic E-state index is -1.41. The molecule has 0 radical (unpaired) electrons. The topological polar surface area (TPSA) is 188 Å². The molecule has 4 atom stereocenters. The summed E-state index contributed by atoms with van der Waals surface area (Å²) in [6, 6.07) is 0. The number of hydrazine groups is 1. The summed E-state index contributed by atoms with van der Waals surface area (Å²) in [6.07, 6.45) is -0.106. The second-order valence-electron chi connectivity index (χ2n) is 8.75. The molecule has 1 saturated heterocycles. The number of hydrogen-bond donors (Lipinski definition) is 4. The third kappa shape index (κ3) is 11.4. The van der Waals surface area contributed by atoms with Crippen molar-refractivity contribution in [3.05, 3.63) is 11.9 Å². The molecule has 1 unspecified atom stereocenters. The zero-order valence-electron chi connectivity index (χ0n) is 21.1. The van der Waals surface area contributed by atoms with Gasteiger partial charge in [0, 0.05) is 6.54 Å². The van der Waals surface area contributed by atoms with E-state index < -0.39 is 24.4 Å². The standard InChI is InChI=1S/C22H42N5O9/c1-18(12-24-23)14-35-15-19-13-27(26-25-19)3-5-31-6-7-32-8-9-33-10-11-34-17-22(16-28)21(30)20(29)2-4-36-22/h13,18,20-21,24,29-30H,2-12,14-17,23H2,1H3/q-1/t18?,20-,21-,22-/m1/s1. The van der Waals surface area contributed by atoms with Gasteiger partial charge in [0.1, 0.15) is 17.4 Å². The van der Waals surface area contributed by atoms with E-state index in [9.17, 15) is 15.3 Å². The van der Waals surface area contributed by atoms with Crippen molar-refractivity contribution in [2.45, 2.75) is 44.3 Å². The molecule has 210 valence electrons. The molecular formula is C22H42N5O9-. The number of nitrogens with zero attached hydrogens (tertiary/aromatic N) is 3. The Hall–Kier alpha value is -1.30. The summed E-state index contributed by atoms with van der Waals surface area (Å²) in [4.78, 5) is 0. The Labute approximate surface area is 211 Å². The lowest BCUT2D eigenvalue weighted by Gasteiger charge is -2.45. The van der Waals surface area contributed by atoms with E-state index in [2.05, 4.69) is 15.7 Å². The smallest absolute Gasteiger partial charge is 0.110 e. The Bertz CT molecular complexity index is 686. The van der Waals surface area contributed by atoms with E-state index in [4.69, 9.17) is 34.3 Å². The van der Waals surface area contributed by atoms with Gasteiger partial charge in [0.15, 0.2) is 0 Å². The molecule has 1 aliphatic heterocycles. The van der Waals surface area contributed by atoms with E-state index in [-0.39, 0.29) is 19.8 Å². The van der Waals surface area contributed by atoms with Gasteiger partial charge in [-0.05, 0) is 12.3 Å². The maximum absolute atomic E-state index is 11.5. The summed E-state index contributed by atoms with van der Waals surface area (Å²) in [6.45, 7) is 6.46. The molecule has 1 aliphatic rings. The molecule has 0 saturated carbocycles. The van der Waals surface area contributed by atoms with Crippen LogP contribution in [0.2, 0.25) is 0 Å². The maximum atomic E-state index is 11.5. The Morgan fingerprint density at radius 2 is 1.81 bits per heavy atom. The summed E-state index contributed by atoms with van der Waals surface area (Å²) in [5.74, 6) is 5.60. The van der Waals surface area contributed by atoms with E-state index in [1.807, 2.05) is 13.1 Å². The largest absolute Gasteiger partial charge is 0.852 e. The molecule has 0 aromatic carbocycles. The monoisotopic (exact) mass is 520 g/mol. The molecule has 0 bridgehead atoms. The zero-order valence-corrected chi connectivity index (χ0v) is 21.1. The lowest BCUT2D eigenvalue weighted by molar-refractivity contribution is -0.422. The van der Waals surface area contributed by atoms with Crippen LogP contribution >= 0.6 is 0 Å². The van der Waals surface area contributed by atoms with Crippen molar-refractivity contribution in [1.82, 2.24) is 20.4 Å². The van der Waals surface area contributed by atoms with Crippen LogP contribution in [0.15, 0.2) is 6.20 Å². The van der Waals surface area contributed by atoms with Crippen molar-refractivity contribution in [2.75, 3.05) is 79.2 Å². The van der Waals surface area contributed by atoms with Gasteiger partial charge in [0.25, 0.3) is 0 Å². The first kappa shape index (κ1) is 30.9. The van der Waals surface area contributed by atoms with Gasteiger partial charge in [-0.15, -0.1) is 11.7 Å². The highest BCUT2D eigenvalue weighted by atomic mass is 16.6. The fourth-order valence-corrected chi connectivity index (χ4v) is 3.47. The fourth-order valence-electron chi connectivity index (χ4n) is 3.47. The number of nitrogens with one attached hydrogen (secondary N) is 1. The van der Waals surface area contributed by atoms with Crippen molar-refractivity contribution < 1.29 is 43.7 Å². The predicted octanol–water partition coefficient (Wildman–Crippen LogP) is -2.80. The van der Waals surface area contributed by atoms with Gasteiger partial charge in [0.2, 0.25) is 0 Å². The average molecular weight is 521 g/mol. The van der Waals surface area contributed by atoms with Crippen LogP contribution in [-0.4, -0.2) is 122 Å². The van der Waals surface area contributed by atoms with Gasteiger partial charge in [-0.1, -0.05) is 12.1 Å². The highest BCUT2D eigenvalue weighted by molar-refractivity contribution is 4.95. The number of aliphatic hydroxyl groups is 2. The summed E-state index contributed by atoms with van der Waals surface area (Å²) in [5, 5.41) is 39.4. The normalized spacial score (nSPS) is 23.2. The quantitative estimate of drug-likeness (QED) is 0.0740. The average Bonchev–Trinajstić information content (AvgIpc) is 3.32. The van der Waals surface area contributed by atoms with Crippen LogP contribution in [0.4, 0.5) is 0 Å². The van der Waals surface area contributed by atoms with Gasteiger partial charge >= 0.3 is 0 Å². The Morgan fingerprint density at radius 3 is 2.47 bits per heavy atom. The van der Waals surface area contributed by atoms with Crippen LogP contribution < -0.4 is 16.4 Å². The number of hydrogen-bond acceptors (Lipinski definition) is 13.